The molecule has 0 bridgehead atoms. The fourth-order valence-electron chi connectivity index (χ4n) is 2.33. The van der Waals surface area contributed by atoms with Crippen molar-refractivity contribution in [3.05, 3.63) is 33.3 Å². The van der Waals surface area contributed by atoms with Gasteiger partial charge in [0, 0.05) is 9.89 Å². The van der Waals surface area contributed by atoms with Gasteiger partial charge in [-0.3, -0.25) is 4.79 Å². The first-order valence-corrected chi connectivity index (χ1v) is 6.03. The lowest BCUT2D eigenvalue weighted by Crippen LogP contribution is -2.24. The van der Waals surface area contributed by atoms with Crippen molar-refractivity contribution in [3.8, 4) is 0 Å². The Kier molecular flexibility index (Phi) is 3.79. The third-order valence-electron chi connectivity index (χ3n) is 2.88. The van der Waals surface area contributed by atoms with Crippen LogP contribution in [0.1, 0.15) is 37.0 Å². The van der Waals surface area contributed by atoms with E-state index in [0.29, 0.717) is 0 Å². The lowest BCUT2D eigenvalue weighted by molar-refractivity contribution is -0.138. The monoisotopic (exact) mass is 284 g/mol. The van der Waals surface area contributed by atoms with Crippen LogP contribution < -0.4 is 0 Å². The number of aliphatic carboxylic acids is 1. The van der Waals surface area contributed by atoms with E-state index >= 15 is 0 Å². The van der Waals surface area contributed by atoms with Gasteiger partial charge in [-0.05, 0) is 36.6 Å². The molecule has 0 amide bonds. The number of carbonyl (C=O) groups is 1. The van der Waals surface area contributed by atoms with Crippen molar-refractivity contribution in [3.63, 3.8) is 0 Å². The molecular weight excluding hydrogens is 268 g/mol. The van der Waals surface area contributed by atoms with Crippen molar-refractivity contribution >= 4 is 21.9 Å². The molecule has 0 spiro atoms. The molecule has 1 N–H and O–H groups in total. The number of benzene rings is 1. The molecule has 0 heterocycles. The summed E-state index contributed by atoms with van der Waals surface area (Å²) >= 11 is 3.49. The molecule has 16 heavy (non-hydrogen) atoms. The van der Waals surface area contributed by atoms with E-state index in [2.05, 4.69) is 15.9 Å². The summed E-state index contributed by atoms with van der Waals surface area (Å²) < 4.78 is 1.03. The van der Waals surface area contributed by atoms with Crippen molar-refractivity contribution in [2.75, 3.05) is 0 Å². The van der Waals surface area contributed by atoms with Crippen LogP contribution in [-0.2, 0) is 10.2 Å². The largest absolute Gasteiger partial charge is 0.481 e. The summed E-state index contributed by atoms with van der Waals surface area (Å²) in [5, 5.41) is 8.95. The van der Waals surface area contributed by atoms with Crippen LogP contribution in [-0.4, -0.2) is 11.1 Å². The minimum atomic E-state index is -0.760. The zero-order valence-corrected chi connectivity index (χ0v) is 11.7. The van der Waals surface area contributed by atoms with E-state index in [1.54, 1.807) is 0 Å². The number of carboxylic acid groups (broad SMARTS) is 1. The molecule has 0 unspecified atom stereocenters. The number of halogens is 1. The van der Waals surface area contributed by atoms with E-state index in [0.717, 1.165) is 21.2 Å². The van der Waals surface area contributed by atoms with Gasteiger partial charge in [-0.1, -0.05) is 35.8 Å². The van der Waals surface area contributed by atoms with E-state index in [4.69, 9.17) is 5.11 Å². The Labute approximate surface area is 105 Å². The van der Waals surface area contributed by atoms with Gasteiger partial charge in [0.25, 0.3) is 0 Å². The minimum absolute atomic E-state index is 0.144. The lowest BCUT2D eigenvalue weighted by Gasteiger charge is -2.28. The summed E-state index contributed by atoms with van der Waals surface area (Å²) in [5.74, 6) is -0.760. The predicted molar refractivity (Wildman–Crippen MR) is 68.9 cm³/mol. The van der Waals surface area contributed by atoms with E-state index in [1.165, 1.54) is 0 Å². The number of aryl methyl sites for hydroxylation is 1. The highest BCUT2D eigenvalue weighted by Gasteiger charge is 2.27. The van der Waals surface area contributed by atoms with Crippen LogP contribution in [0.2, 0.25) is 0 Å². The van der Waals surface area contributed by atoms with Gasteiger partial charge in [0.1, 0.15) is 0 Å². The molecule has 2 nitrogen and oxygen atoms in total. The van der Waals surface area contributed by atoms with Crippen LogP contribution in [0.15, 0.2) is 16.6 Å². The van der Waals surface area contributed by atoms with Gasteiger partial charge in [-0.25, -0.2) is 0 Å². The first-order chi connectivity index (χ1) is 7.25. The first kappa shape index (κ1) is 13.2. The number of hydrogen-bond acceptors (Lipinski definition) is 1. The summed E-state index contributed by atoms with van der Waals surface area (Å²) in [5.41, 5.74) is 3.06. The zero-order chi connectivity index (χ0) is 12.5. The maximum absolute atomic E-state index is 10.9. The topological polar surface area (TPSA) is 37.3 Å². The standard InChI is InChI=1S/C13H17BrO2/c1-8-5-6-10(14)9(2)12(8)13(3,4)7-11(15)16/h5-6H,7H2,1-4H3,(H,15,16). The third kappa shape index (κ3) is 2.64. The summed E-state index contributed by atoms with van der Waals surface area (Å²) in [6.45, 7) is 8.00. The maximum Gasteiger partial charge on any atom is 0.304 e. The number of carboxylic acids is 1. The molecule has 0 fully saturated rings. The van der Waals surface area contributed by atoms with Crippen molar-refractivity contribution in [2.45, 2.75) is 39.5 Å². The average Bonchev–Trinajstić information content (AvgIpc) is 2.09. The second-order valence-electron chi connectivity index (χ2n) is 4.82. The summed E-state index contributed by atoms with van der Waals surface area (Å²) in [6.07, 6.45) is 0.144. The SMILES string of the molecule is Cc1ccc(Br)c(C)c1C(C)(C)CC(=O)O. The van der Waals surface area contributed by atoms with Crippen molar-refractivity contribution < 1.29 is 9.90 Å². The van der Waals surface area contributed by atoms with Gasteiger partial charge in [0.2, 0.25) is 0 Å². The van der Waals surface area contributed by atoms with Gasteiger partial charge < -0.3 is 5.11 Å². The predicted octanol–water partition coefficient (Wildman–Crippen LogP) is 3.82. The molecule has 0 aliphatic heterocycles. The molecule has 0 saturated heterocycles. The molecule has 0 radical (unpaired) electrons. The highest BCUT2D eigenvalue weighted by atomic mass is 79.9. The van der Waals surface area contributed by atoms with Gasteiger partial charge in [-0.15, -0.1) is 0 Å². The second kappa shape index (κ2) is 4.58. The molecule has 0 aliphatic carbocycles. The maximum atomic E-state index is 10.9. The number of rotatable bonds is 3. The Hall–Kier alpha value is -0.830. The van der Waals surface area contributed by atoms with Crippen molar-refractivity contribution in [1.82, 2.24) is 0 Å². The van der Waals surface area contributed by atoms with Crippen molar-refractivity contribution in [2.24, 2.45) is 0 Å². The highest BCUT2D eigenvalue weighted by Crippen LogP contribution is 2.35. The molecule has 0 saturated carbocycles. The Morgan fingerprint density at radius 3 is 2.44 bits per heavy atom. The first-order valence-electron chi connectivity index (χ1n) is 5.23. The molecule has 0 atom stereocenters. The summed E-state index contributed by atoms with van der Waals surface area (Å²) in [7, 11) is 0. The van der Waals surface area contributed by atoms with Crippen LogP contribution in [0.5, 0.6) is 0 Å². The molecular formula is C13H17BrO2. The fourth-order valence-corrected chi connectivity index (χ4v) is 2.66. The van der Waals surface area contributed by atoms with Crippen LogP contribution in [0, 0.1) is 13.8 Å². The van der Waals surface area contributed by atoms with E-state index in [1.807, 2.05) is 39.8 Å². The molecule has 88 valence electrons. The Bertz CT molecular complexity index is 422. The minimum Gasteiger partial charge on any atom is -0.481 e. The lowest BCUT2D eigenvalue weighted by atomic mass is 9.77. The third-order valence-corrected chi connectivity index (χ3v) is 3.74. The van der Waals surface area contributed by atoms with E-state index in [9.17, 15) is 4.79 Å². The Balaban J connectivity index is 3.31. The quantitative estimate of drug-likeness (QED) is 0.916. The van der Waals surface area contributed by atoms with Crippen LogP contribution in [0.3, 0.4) is 0 Å². The van der Waals surface area contributed by atoms with E-state index < -0.39 is 5.97 Å². The van der Waals surface area contributed by atoms with Crippen LogP contribution >= 0.6 is 15.9 Å². The van der Waals surface area contributed by atoms with Crippen LogP contribution in [0.25, 0.3) is 0 Å². The Morgan fingerprint density at radius 1 is 1.38 bits per heavy atom. The Morgan fingerprint density at radius 2 is 1.94 bits per heavy atom. The molecule has 0 aliphatic rings. The van der Waals surface area contributed by atoms with Crippen LogP contribution in [0.4, 0.5) is 0 Å². The molecule has 1 aromatic rings. The molecule has 1 aromatic carbocycles. The zero-order valence-electron chi connectivity index (χ0n) is 10.1. The van der Waals surface area contributed by atoms with Gasteiger partial charge in [0.05, 0.1) is 6.42 Å². The molecule has 3 heteroatoms. The second-order valence-corrected chi connectivity index (χ2v) is 5.67. The average molecular weight is 285 g/mol. The van der Waals surface area contributed by atoms with Gasteiger partial charge in [0.15, 0.2) is 0 Å². The molecule has 1 rings (SSSR count). The fraction of sp³-hybridized carbons (Fsp3) is 0.462. The van der Waals surface area contributed by atoms with E-state index in [-0.39, 0.29) is 11.8 Å². The number of hydrogen-bond donors (Lipinski definition) is 1. The highest BCUT2D eigenvalue weighted by molar-refractivity contribution is 9.10. The summed E-state index contributed by atoms with van der Waals surface area (Å²) in [6, 6.07) is 4.03. The van der Waals surface area contributed by atoms with Crippen molar-refractivity contribution in [1.29, 1.82) is 0 Å². The summed E-state index contributed by atoms with van der Waals surface area (Å²) in [4.78, 5) is 10.9. The van der Waals surface area contributed by atoms with Gasteiger partial charge in [-0.2, -0.15) is 0 Å². The van der Waals surface area contributed by atoms with Gasteiger partial charge >= 0.3 is 5.97 Å². The smallest absolute Gasteiger partial charge is 0.304 e. The normalized spacial score (nSPS) is 11.6. The molecule has 0 aromatic heterocycles.